The normalized spacial score (nSPS) is 15.1. The van der Waals surface area contributed by atoms with E-state index in [0.29, 0.717) is 13.0 Å². The van der Waals surface area contributed by atoms with Crippen LogP contribution in [0.1, 0.15) is 30.0 Å². The van der Waals surface area contributed by atoms with Crippen molar-refractivity contribution in [1.29, 1.82) is 0 Å². The van der Waals surface area contributed by atoms with Crippen LogP contribution in [0.25, 0.3) is 15.2 Å². The molecule has 0 N–H and O–H groups in total. The Morgan fingerprint density at radius 1 is 1.06 bits per heavy atom. The highest BCUT2D eigenvalue weighted by atomic mass is 32.1. The molecule has 0 saturated carbocycles. The molecule has 3 aromatic heterocycles. The molecule has 0 atom stereocenters. The van der Waals surface area contributed by atoms with Gasteiger partial charge in [0.2, 0.25) is 5.91 Å². The van der Waals surface area contributed by atoms with Crippen LogP contribution in [-0.4, -0.2) is 56.3 Å². The maximum Gasteiger partial charge on any atom is 0.258 e. The van der Waals surface area contributed by atoms with Gasteiger partial charge in [-0.3, -0.25) is 18.9 Å². The Balaban J connectivity index is 1.05. The molecule has 1 aliphatic heterocycles. The molecule has 0 aliphatic carbocycles. The van der Waals surface area contributed by atoms with Gasteiger partial charge in [0.15, 0.2) is 4.96 Å². The minimum Gasteiger partial charge on any atom is -0.340 e. The summed E-state index contributed by atoms with van der Waals surface area (Å²) >= 11 is 3.22. The number of unbranched alkanes of at least 4 members (excludes halogenated alkanes) is 1. The molecule has 1 aromatic carbocycles. The highest BCUT2D eigenvalue weighted by Gasteiger charge is 2.21. The zero-order chi connectivity index (χ0) is 21.9. The molecule has 0 unspecified atom stereocenters. The summed E-state index contributed by atoms with van der Waals surface area (Å²) in [6.07, 6.45) is 5.16. The molecule has 4 heterocycles. The fourth-order valence-electron chi connectivity index (χ4n) is 4.09. The summed E-state index contributed by atoms with van der Waals surface area (Å²) in [6, 6.07) is 9.83. The average Bonchev–Trinajstić information content (AvgIpc) is 3.44. The first-order chi connectivity index (χ1) is 15.7. The van der Waals surface area contributed by atoms with Gasteiger partial charge in [0, 0.05) is 56.8 Å². The Morgan fingerprint density at radius 3 is 2.75 bits per heavy atom. The van der Waals surface area contributed by atoms with E-state index in [1.807, 2.05) is 28.5 Å². The van der Waals surface area contributed by atoms with Gasteiger partial charge in [0.1, 0.15) is 0 Å². The average molecular weight is 468 g/mol. The third-order valence-corrected chi connectivity index (χ3v) is 7.69. The lowest BCUT2D eigenvalue weighted by molar-refractivity contribution is -0.133. The third-order valence-electron chi connectivity index (χ3n) is 5.84. The first kappa shape index (κ1) is 21.2. The molecule has 0 bridgehead atoms. The van der Waals surface area contributed by atoms with Crippen LogP contribution in [0.15, 0.2) is 46.7 Å². The van der Waals surface area contributed by atoms with Crippen molar-refractivity contribution in [3.8, 4) is 0 Å². The Labute approximate surface area is 194 Å². The molecule has 1 amide bonds. The fourth-order valence-corrected chi connectivity index (χ4v) is 5.84. The van der Waals surface area contributed by atoms with Crippen LogP contribution >= 0.6 is 22.7 Å². The predicted molar refractivity (Wildman–Crippen MR) is 128 cm³/mol. The number of rotatable bonds is 7. The smallest absolute Gasteiger partial charge is 0.258 e. The van der Waals surface area contributed by atoms with Gasteiger partial charge in [0.05, 0.1) is 20.9 Å². The molecule has 7 nitrogen and oxygen atoms in total. The van der Waals surface area contributed by atoms with Gasteiger partial charge >= 0.3 is 0 Å². The van der Waals surface area contributed by atoms with E-state index in [2.05, 4.69) is 20.9 Å². The number of nitrogens with zero attached hydrogens (tertiary/aromatic N) is 5. The first-order valence-electron chi connectivity index (χ1n) is 11.0. The SMILES string of the molecule is O=C(CCCCc1nc2ccccc2s1)N1CCN(Cc2cc(=O)n3ccsc3n2)CC1. The van der Waals surface area contributed by atoms with Gasteiger partial charge in [-0.05, 0) is 31.4 Å². The summed E-state index contributed by atoms with van der Waals surface area (Å²) in [4.78, 5) is 39.0. The van der Waals surface area contributed by atoms with Crippen molar-refractivity contribution in [1.82, 2.24) is 24.2 Å². The van der Waals surface area contributed by atoms with Crippen molar-refractivity contribution in [2.45, 2.75) is 32.2 Å². The van der Waals surface area contributed by atoms with Crippen LogP contribution in [0.2, 0.25) is 0 Å². The molecule has 4 aromatic rings. The van der Waals surface area contributed by atoms with Crippen molar-refractivity contribution < 1.29 is 4.79 Å². The van der Waals surface area contributed by atoms with Crippen LogP contribution in [0.4, 0.5) is 0 Å². The van der Waals surface area contributed by atoms with Gasteiger partial charge in [0.25, 0.3) is 5.56 Å². The van der Waals surface area contributed by atoms with E-state index in [1.165, 1.54) is 16.0 Å². The number of hydrogen-bond donors (Lipinski definition) is 0. The van der Waals surface area contributed by atoms with Crippen molar-refractivity contribution >= 4 is 43.8 Å². The number of amides is 1. The number of carbonyl (C=O) groups excluding carboxylic acids is 1. The molecular weight excluding hydrogens is 442 g/mol. The van der Waals surface area contributed by atoms with E-state index in [1.54, 1.807) is 28.0 Å². The van der Waals surface area contributed by atoms with Crippen molar-refractivity contribution in [3.05, 3.63) is 63.0 Å². The second-order valence-corrected chi connectivity index (χ2v) is 10.1. The first-order valence-corrected chi connectivity index (χ1v) is 12.7. The predicted octanol–water partition coefficient (Wildman–Crippen LogP) is 3.42. The Hall–Kier alpha value is -2.62. The van der Waals surface area contributed by atoms with E-state index in [9.17, 15) is 9.59 Å². The van der Waals surface area contributed by atoms with E-state index in [-0.39, 0.29) is 11.5 Å². The van der Waals surface area contributed by atoms with Gasteiger partial charge in [-0.1, -0.05) is 12.1 Å². The number of fused-ring (bicyclic) bond motifs is 2. The van der Waals surface area contributed by atoms with Crippen LogP contribution in [0, 0.1) is 0 Å². The summed E-state index contributed by atoms with van der Waals surface area (Å²) in [5.74, 6) is 0.241. The summed E-state index contributed by atoms with van der Waals surface area (Å²) in [5, 5.41) is 3.03. The Morgan fingerprint density at radius 2 is 1.91 bits per heavy atom. The number of para-hydroxylation sites is 1. The molecular formula is C23H25N5O2S2. The van der Waals surface area contributed by atoms with Crippen LogP contribution in [-0.2, 0) is 17.8 Å². The quantitative estimate of drug-likeness (QED) is 0.390. The van der Waals surface area contributed by atoms with E-state index in [0.717, 1.165) is 66.6 Å². The molecule has 0 spiro atoms. The fraction of sp³-hybridized carbons (Fsp3) is 0.391. The molecule has 1 saturated heterocycles. The van der Waals surface area contributed by atoms with E-state index >= 15 is 0 Å². The minimum absolute atomic E-state index is 0.0362. The van der Waals surface area contributed by atoms with Gasteiger partial charge in [-0.2, -0.15) is 0 Å². The summed E-state index contributed by atoms with van der Waals surface area (Å²) in [5.41, 5.74) is 1.83. The van der Waals surface area contributed by atoms with Gasteiger partial charge in [-0.25, -0.2) is 9.97 Å². The van der Waals surface area contributed by atoms with Crippen LogP contribution in [0.3, 0.4) is 0 Å². The number of piperazine rings is 1. The number of aromatic nitrogens is 3. The lowest BCUT2D eigenvalue weighted by atomic mass is 10.1. The molecule has 32 heavy (non-hydrogen) atoms. The molecule has 5 rings (SSSR count). The summed E-state index contributed by atoms with van der Waals surface area (Å²) in [7, 11) is 0. The standard InChI is InChI=1S/C23H25N5O2S2/c29-21(8-4-3-7-20-25-18-5-1-2-6-19(18)32-20)27-11-9-26(10-12-27)16-17-15-22(30)28-13-14-31-23(28)24-17/h1-2,5-6,13-15H,3-4,7-12,16H2. The lowest BCUT2D eigenvalue weighted by Gasteiger charge is -2.34. The number of thiazole rings is 2. The molecule has 1 fully saturated rings. The Bertz CT molecular complexity index is 1250. The summed E-state index contributed by atoms with van der Waals surface area (Å²) in [6.45, 7) is 3.73. The molecule has 0 radical (unpaired) electrons. The van der Waals surface area contributed by atoms with E-state index in [4.69, 9.17) is 0 Å². The highest BCUT2D eigenvalue weighted by molar-refractivity contribution is 7.18. The maximum absolute atomic E-state index is 12.6. The minimum atomic E-state index is -0.0362. The van der Waals surface area contributed by atoms with Gasteiger partial charge in [-0.15, -0.1) is 22.7 Å². The van der Waals surface area contributed by atoms with Crippen LogP contribution < -0.4 is 5.56 Å². The molecule has 9 heteroatoms. The monoisotopic (exact) mass is 467 g/mol. The number of hydrogen-bond acceptors (Lipinski definition) is 7. The van der Waals surface area contributed by atoms with Crippen LogP contribution in [0.5, 0.6) is 0 Å². The van der Waals surface area contributed by atoms with Crippen molar-refractivity contribution in [2.24, 2.45) is 0 Å². The molecule has 1 aliphatic rings. The topological polar surface area (TPSA) is 70.8 Å². The zero-order valence-electron chi connectivity index (χ0n) is 17.8. The highest BCUT2D eigenvalue weighted by Crippen LogP contribution is 2.23. The lowest BCUT2D eigenvalue weighted by Crippen LogP contribution is -2.48. The number of benzene rings is 1. The largest absolute Gasteiger partial charge is 0.340 e. The van der Waals surface area contributed by atoms with Crippen molar-refractivity contribution in [3.63, 3.8) is 0 Å². The number of aryl methyl sites for hydroxylation is 1. The summed E-state index contributed by atoms with van der Waals surface area (Å²) < 4.78 is 2.80. The Kier molecular flexibility index (Phi) is 6.29. The molecule has 166 valence electrons. The second kappa shape index (κ2) is 9.48. The van der Waals surface area contributed by atoms with E-state index < -0.39 is 0 Å². The van der Waals surface area contributed by atoms with Gasteiger partial charge < -0.3 is 4.90 Å². The second-order valence-electron chi connectivity index (χ2n) is 8.08. The maximum atomic E-state index is 12.6. The number of carbonyl (C=O) groups is 1. The zero-order valence-corrected chi connectivity index (χ0v) is 19.4. The van der Waals surface area contributed by atoms with Crippen molar-refractivity contribution in [2.75, 3.05) is 26.2 Å². The third kappa shape index (κ3) is 4.74.